The minimum atomic E-state index is -1.56. The van der Waals surface area contributed by atoms with Crippen molar-refractivity contribution in [2.75, 3.05) is 0 Å². The highest BCUT2D eigenvalue weighted by atomic mass is 16.7. The van der Waals surface area contributed by atoms with Crippen LogP contribution in [-0.2, 0) is 15.1 Å². The van der Waals surface area contributed by atoms with Crippen LogP contribution < -0.4 is 4.74 Å². The standard InChI is InChI=1S/C16H21NO7/c1-4-5-6-7-14(18)24-16(2,3)12-10-11(17(21)22)8-9-13(12)23-15(19)20/h8-10H,4-7H2,1-3H3,(H,19,20). The van der Waals surface area contributed by atoms with Gasteiger partial charge in [-0.2, -0.15) is 0 Å². The highest BCUT2D eigenvalue weighted by molar-refractivity contribution is 5.70. The molecule has 0 saturated carbocycles. The third-order valence-electron chi connectivity index (χ3n) is 3.37. The van der Waals surface area contributed by atoms with E-state index in [9.17, 15) is 19.7 Å². The monoisotopic (exact) mass is 339 g/mol. The molecule has 1 N–H and O–H groups in total. The van der Waals surface area contributed by atoms with Crippen molar-refractivity contribution in [1.29, 1.82) is 0 Å². The number of nitrogens with zero attached hydrogens (tertiary/aromatic N) is 1. The normalized spacial score (nSPS) is 11.0. The second-order valence-corrected chi connectivity index (χ2v) is 5.75. The van der Waals surface area contributed by atoms with Crippen molar-refractivity contribution in [3.63, 3.8) is 0 Å². The summed E-state index contributed by atoms with van der Waals surface area (Å²) in [6, 6.07) is 3.45. The lowest BCUT2D eigenvalue weighted by Gasteiger charge is -2.27. The highest BCUT2D eigenvalue weighted by Crippen LogP contribution is 2.36. The zero-order valence-corrected chi connectivity index (χ0v) is 13.9. The molecule has 0 aliphatic heterocycles. The number of ether oxygens (including phenoxy) is 2. The number of benzene rings is 1. The van der Waals surface area contributed by atoms with Gasteiger partial charge >= 0.3 is 12.1 Å². The molecular weight excluding hydrogens is 318 g/mol. The van der Waals surface area contributed by atoms with Gasteiger partial charge in [0.2, 0.25) is 0 Å². The van der Waals surface area contributed by atoms with E-state index in [0.29, 0.717) is 6.42 Å². The average Bonchev–Trinajstić information content (AvgIpc) is 2.46. The Labute approximate surface area is 139 Å². The van der Waals surface area contributed by atoms with Crippen LogP contribution in [0.3, 0.4) is 0 Å². The first-order valence-electron chi connectivity index (χ1n) is 7.59. The molecule has 0 aromatic heterocycles. The van der Waals surface area contributed by atoms with Gasteiger partial charge in [-0.25, -0.2) is 4.79 Å². The molecule has 8 heteroatoms. The SMILES string of the molecule is CCCCCC(=O)OC(C)(C)c1cc([N+](=O)[O-])ccc1OC(=O)O. The predicted octanol–water partition coefficient (Wildman–Crippen LogP) is 4.01. The summed E-state index contributed by atoms with van der Waals surface area (Å²) >= 11 is 0. The lowest BCUT2D eigenvalue weighted by atomic mass is 9.96. The number of hydrogen-bond donors (Lipinski definition) is 1. The number of unbranched alkanes of at least 4 members (excludes halogenated alkanes) is 2. The predicted molar refractivity (Wildman–Crippen MR) is 85.0 cm³/mol. The molecular formula is C16H21NO7. The van der Waals surface area contributed by atoms with Crippen molar-refractivity contribution in [3.8, 4) is 5.75 Å². The number of nitro groups is 1. The first-order valence-corrected chi connectivity index (χ1v) is 7.59. The number of nitro benzene ring substituents is 1. The Morgan fingerprint density at radius 1 is 1.29 bits per heavy atom. The van der Waals surface area contributed by atoms with E-state index < -0.39 is 22.6 Å². The molecule has 0 amide bonds. The van der Waals surface area contributed by atoms with E-state index in [4.69, 9.17) is 9.84 Å². The lowest BCUT2D eigenvalue weighted by Crippen LogP contribution is -2.27. The Bertz CT molecular complexity index is 625. The van der Waals surface area contributed by atoms with E-state index >= 15 is 0 Å². The largest absolute Gasteiger partial charge is 0.511 e. The van der Waals surface area contributed by atoms with Gasteiger partial charge in [-0.3, -0.25) is 14.9 Å². The third-order valence-corrected chi connectivity index (χ3v) is 3.37. The van der Waals surface area contributed by atoms with E-state index in [2.05, 4.69) is 4.74 Å². The summed E-state index contributed by atoms with van der Waals surface area (Å²) in [6.45, 7) is 5.06. The van der Waals surface area contributed by atoms with E-state index in [1.54, 1.807) is 0 Å². The fraction of sp³-hybridized carbons (Fsp3) is 0.500. The number of non-ortho nitro benzene ring substituents is 1. The first-order chi connectivity index (χ1) is 11.2. The number of carbonyl (C=O) groups excluding carboxylic acids is 1. The van der Waals surface area contributed by atoms with Crippen molar-refractivity contribution in [2.24, 2.45) is 0 Å². The third kappa shape index (κ3) is 5.53. The van der Waals surface area contributed by atoms with Gasteiger partial charge in [0.25, 0.3) is 5.69 Å². The number of esters is 1. The quantitative estimate of drug-likeness (QED) is 0.250. The van der Waals surface area contributed by atoms with Gasteiger partial charge < -0.3 is 14.6 Å². The molecule has 8 nitrogen and oxygen atoms in total. The molecule has 0 bridgehead atoms. The van der Waals surface area contributed by atoms with E-state index in [-0.39, 0.29) is 23.4 Å². The van der Waals surface area contributed by atoms with Crippen molar-refractivity contribution in [3.05, 3.63) is 33.9 Å². The van der Waals surface area contributed by atoms with Gasteiger partial charge in [-0.1, -0.05) is 19.8 Å². The van der Waals surface area contributed by atoms with Crippen LogP contribution >= 0.6 is 0 Å². The van der Waals surface area contributed by atoms with Gasteiger partial charge in [-0.15, -0.1) is 0 Å². The van der Waals surface area contributed by atoms with Crippen LogP contribution in [-0.4, -0.2) is 22.2 Å². The summed E-state index contributed by atoms with van der Waals surface area (Å²) in [5.74, 6) is -0.569. The second-order valence-electron chi connectivity index (χ2n) is 5.75. The zero-order chi connectivity index (χ0) is 18.3. The average molecular weight is 339 g/mol. The van der Waals surface area contributed by atoms with Gasteiger partial charge in [0.15, 0.2) is 0 Å². The number of carbonyl (C=O) groups is 2. The van der Waals surface area contributed by atoms with Crippen LogP contribution in [0.2, 0.25) is 0 Å². The molecule has 24 heavy (non-hydrogen) atoms. The maximum Gasteiger partial charge on any atom is 0.511 e. The number of hydrogen-bond acceptors (Lipinski definition) is 6. The number of carboxylic acid groups (broad SMARTS) is 1. The Morgan fingerprint density at radius 3 is 2.50 bits per heavy atom. The van der Waals surface area contributed by atoms with Crippen molar-refractivity contribution >= 4 is 17.8 Å². The summed E-state index contributed by atoms with van der Waals surface area (Å²) in [5.41, 5.74) is -1.42. The molecule has 0 unspecified atom stereocenters. The Morgan fingerprint density at radius 2 is 1.96 bits per heavy atom. The summed E-state index contributed by atoms with van der Waals surface area (Å²) < 4.78 is 10.0. The molecule has 0 spiro atoms. The maximum atomic E-state index is 11.9. The summed E-state index contributed by atoms with van der Waals surface area (Å²) in [7, 11) is 0. The molecule has 0 atom stereocenters. The maximum absolute atomic E-state index is 11.9. The molecule has 0 heterocycles. The fourth-order valence-corrected chi connectivity index (χ4v) is 2.20. The molecule has 0 aliphatic rings. The lowest BCUT2D eigenvalue weighted by molar-refractivity contribution is -0.385. The second kappa shape index (κ2) is 8.28. The summed E-state index contributed by atoms with van der Waals surface area (Å²) in [4.78, 5) is 33.1. The van der Waals surface area contributed by atoms with E-state index in [0.717, 1.165) is 25.0 Å². The van der Waals surface area contributed by atoms with Crippen molar-refractivity contribution < 1.29 is 29.1 Å². The Kier molecular flexibility index (Phi) is 6.69. The molecule has 1 aromatic rings. The molecule has 0 radical (unpaired) electrons. The van der Waals surface area contributed by atoms with Crippen molar-refractivity contribution in [1.82, 2.24) is 0 Å². The molecule has 0 fully saturated rings. The minimum Gasteiger partial charge on any atom is -0.455 e. The van der Waals surface area contributed by atoms with Crippen molar-refractivity contribution in [2.45, 2.75) is 52.1 Å². The van der Waals surface area contributed by atoms with E-state index in [1.807, 2.05) is 6.92 Å². The van der Waals surface area contributed by atoms with E-state index in [1.165, 1.54) is 19.9 Å². The molecule has 132 valence electrons. The van der Waals surface area contributed by atoms with Gasteiger partial charge in [0.1, 0.15) is 11.4 Å². The molecule has 1 rings (SSSR count). The number of rotatable bonds is 8. The molecule has 0 saturated heterocycles. The Balaban J connectivity index is 3.09. The van der Waals surface area contributed by atoms with Gasteiger partial charge in [0, 0.05) is 24.1 Å². The summed E-state index contributed by atoms with van der Waals surface area (Å²) in [5, 5.41) is 19.7. The fourth-order valence-electron chi connectivity index (χ4n) is 2.20. The minimum absolute atomic E-state index is 0.112. The summed E-state index contributed by atoms with van der Waals surface area (Å²) in [6.07, 6.45) is 1.19. The molecule has 0 aliphatic carbocycles. The Hall–Kier alpha value is -2.64. The topological polar surface area (TPSA) is 116 Å². The first kappa shape index (κ1) is 19.4. The zero-order valence-electron chi connectivity index (χ0n) is 13.9. The van der Waals surface area contributed by atoms with Crippen LogP contribution in [0.4, 0.5) is 10.5 Å². The molecule has 1 aromatic carbocycles. The van der Waals surface area contributed by atoms with Crippen LogP contribution in [0.5, 0.6) is 5.75 Å². The van der Waals surface area contributed by atoms with Gasteiger partial charge in [0.05, 0.1) is 4.92 Å². The van der Waals surface area contributed by atoms with Gasteiger partial charge in [-0.05, 0) is 26.3 Å². The van der Waals surface area contributed by atoms with Crippen LogP contribution in [0.15, 0.2) is 18.2 Å². The smallest absolute Gasteiger partial charge is 0.455 e. The van der Waals surface area contributed by atoms with Crippen LogP contribution in [0.25, 0.3) is 0 Å². The highest BCUT2D eigenvalue weighted by Gasteiger charge is 2.31. The van der Waals surface area contributed by atoms with Crippen LogP contribution in [0, 0.1) is 10.1 Å². The van der Waals surface area contributed by atoms with Crippen LogP contribution in [0.1, 0.15) is 52.0 Å².